The minimum atomic E-state index is -3.86. The number of carbonyl (C=O) groups is 1. The van der Waals surface area contributed by atoms with Gasteiger partial charge in [-0.2, -0.15) is 0 Å². The first-order valence-corrected chi connectivity index (χ1v) is 9.07. The van der Waals surface area contributed by atoms with Crippen LogP contribution in [0.2, 0.25) is 0 Å². The van der Waals surface area contributed by atoms with Crippen molar-refractivity contribution >= 4 is 25.6 Å². The Labute approximate surface area is 129 Å². The van der Waals surface area contributed by atoms with E-state index in [-0.39, 0.29) is 28.5 Å². The molecule has 2 atom stereocenters. The second-order valence-corrected chi connectivity index (χ2v) is 7.85. The number of benzene rings is 1. The number of halogens is 1. The summed E-state index contributed by atoms with van der Waals surface area (Å²) in [6.45, 7) is 4.30. The van der Waals surface area contributed by atoms with Gasteiger partial charge in [0.1, 0.15) is 0 Å². The molecule has 1 aliphatic heterocycles. The van der Waals surface area contributed by atoms with Gasteiger partial charge in [-0.15, -0.1) is 0 Å². The molecule has 116 valence electrons. The third-order valence-electron chi connectivity index (χ3n) is 3.48. The van der Waals surface area contributed by atoms with Crippen molar-refractivity contribution < 1.29 is 17.9 Å². The predicted octanol–water partition coefficient (Wildman–Crippen LogP) is 2.22. The quantitative estimate of drug-likeness (QED) is 0.859. The fraction of sp³-hybridized carbons (Fsp3) is 0.500. The lowest BCUT2D eigenvalue weighted by molar-refractivity contribution is 0.0712. The summed E-state index contributed by atoms with van der Waals surface area (Å²) in [5.74, 6) is -0.330. The van der Waals surface area contributed by atoms with Crippen LogP contribution >= 0.6 is 10.7 Å². The summed E-state index contributed by atoms with van der Waals surface area (Å²) in [4.78, 5) is 12.2. The van der Waals surface area contributed by atoms with E-state index < -0.39 is 9.05 Å². The van der Waals surface area contributed by atoms with Crippen molar-refractivity contribution in [3.8, 4) is 0 Å². The Morgan fingerprint density at radius 2 is 2.14 bits per heavy atom. The zero-order valence-corrected chi connectivity index (χ0v) is 13.5. The first-order valence-electron chi connectivity index (χ1n) is 6.76. The van der Waals surface area contributed by atoms with Gasteiger partial charge in [-0.05, 0) is 50.5 Å². The normalized spacial score (nSPS) is 20.2. The van der Waals surface area contributed by atoms with Gasteiger partial charge < -0.3 is 10.1 Å². The van der Waals surface area contributed by atoms with Gasteiger partial charge in [-0.3, -0.25) is 4.79 Å². The molecule has 1 N–H and O–H groups in total. The van der Waals surface area contributed by atoms with Crippen molar-refractivity contribution in [3.63, 3.8) is 0 Å². The maximum Gasteiger partial charge on any atom is 0.261 e. The summed E-state index contributed by atoms with van der Waals surface area (Å²) in [6.07, 6.45) is 1.91. The van der Waals surface area contributed by atoms with E-state index in [9.17, 15) is 13.2 Å². The van der Waals surface area contributed by atoms with Crippen molar-refractivity contribution in [2.24, 2.45) is 0 Å². The smallest absolute Gasteiger partial charge is 0.261 e. The average Bonchev–Trinajstić information content (AvgIpc) is 2.90. The number of nitrogens with one attached hydrogen (secondary N) is 1. The first kappa shape index (κ1) is 16.3. The molecule has 2 rings (SSSR count). The molecule has 1 fully saturated rings. The summed E-state index contributed by atoms with van der Waals surface area (Å²) >= 11 is 0. The first-order chi connectivity index (χ1) is 9.77. The maximum atomic E-state index is 12.2. The fourth-order valence-electron chi connectivity index (χ4n) is 2.40. The van der Waals surface area contributed by atoms with E-state index in [2.05, 4.69) is 5.32 Å². The minimum Gasteiger partial charge on any atom is -0.376 e. The monoisotopic (exact) mass is 331 g/mol. The molecule has 1 heterocycles. The number of rotatable bonds is 4. The van der Waals surface area contributed by atoms with Crippen LogP contribution in [-0.2, 0) is 13.8 Å². The molecule has 1 aromatic carbocycles. The molecule has 0 aliphatic carbocycles. The van der Waals surface area contributed by atoms with Crippen LogP contribution in [0.5, 0.6) is 0 Å². The van der Waals surface area contributed by atoms with Crippen molar-refractivity contribution in [3.05, 3.63) is 29.3 Å². The topological polar surface area (TPSA) is 72.5 Å². The summed E-state index contributed by atoms with van der Waals surface area (Å²) in [5, 5.41) is 2.84. The van der Waals surface area contributed by atoms with E-state index in [0.717, 1.165) is 12.8 Å². The molecule has 0 aromatic heterocycles. The van der Waals surface area contributed by atoms with Gasteiger partial charge in [0.05, 0.1) is 17.0 Å². The number of amides is 1. The van der Waals surface area contributed by atoms with Crippen LogP contribution < -0.4 is 5.32 Å². The molecule has 1 aromatic rings. The van der Waals surface area contributed by atoms with Crippen LogP contribution in [0.1, 0.15) is 35.7 Å². The van der Waals surface area contributed by atoms with E-state index in [1.165, 1.54) is 12.1 Å². The third-order valence-corrected chi connectivity index (χ3v) is 4.81. The lowest BCUT2D eigenvalue weighted by atomic mass is 10.1. The minimum absolute atomic E-state index is 0.00925. The SMILES string of the molecule is Cc1cc(C(=O)NC(C)C2CCCO2)cc(S(=O)(=O)Cl)c1. The lowest BCUT2D eigenvalue weighted by Gasteiger charge is -2.20. The number of aryl methyl sites for hydroxylation is 1. The predicted molar refractivity (Wildman–Crippen MR) is 80.1 cm³/mol. The Bertz CT molecular complexity index is 638. The van der Waals surface area contributed by atoms with Crippen LogP contribution in [0.15, 0.2) is 23.1 Å². The van der Waals surface area contributed by atoms with E-state index in [0.29, 0.717) is 12.2 Å². The van der Waals surface area contributed by atoms with Crippen molar-refractivity contribution in [2.45, 2.75) is 43.7 Å². The van der Waals surface area contributed by atoms with Gasteiger partial charge in [0.15, 0.2) is 0 Å². The number of hydrogen-bond donors (Lipinski definition) is 1. The third kappa shape index (κ3) is 4.18. The molecule has 21 heavy (non-hydrogen) atoms. The summed E-state index contributed by atoms with van der Waals surface area (Å²) < 4.78 is 28.3. The van der Waals surface area contributed by atoms with E-state index in [4.69, 9.17) is 15.4 Å². The standard InChI is InChI=1S/C14H18ClNO4S/c1-9-6-11(8-12(7-9)21(15,18)19)14(17)16-10(2)13-4-3-5-20-13/h6-8,10,13H,3-5H2,1-2H3,(H,16,17). The Hall–Kier alpha value is -1.11. The van der Waals surface area contributed by atoms with Crippen molar-refractivity contribution in [1.82, 2.24) is 5.32 Å². The molecule has 0 radical (unpaired) electrons. The van der Waals surface area contributed by atoms with E-state index >= 15 is 0 Å². The average molecular weight is 332 g/mol. The highest BCUT2D eigenvalue weighted by Gasteiger charge is 2.24. The zero-order valence-electron chi connectivity index (χ0n) is 11.9. The fourth-order valence-corrected chi connectivity index (χ4v) is 3.26. The summed E-state index contributed by atoms with van der Waals surface area (Å²) in [6, 6.07) is 4.22. The highest BCUT2D eigenvalue weighted by molar-refractivity contribution is 8.13. The number of carbonyl (C=O) groups excluding carboxylic acids is 1. The zero-order chi connectivity index (χ0) is 15.6. The van der Waals surface area contributed by atoms with Gasteiger partial charge in [-0.1, -0.05) is 0 Å². The molecule has 0 bridgehead atoms. The largest absolute Gasteiger partial charge is 0.376 e. The van der Waals surface area contributed by atoms with E-state index in [1.807, 2.05) is 6.92 Å². The molecule has 7 heteroatoms. The van der Waals surface area contributed by atoms with Crippen LogP contribution in [-0.4, -0.2) is 33.1 Å². The molecule has 0 saturated carbocycles. The Balaban J connectivity index is 2.17. The highest BCUT2D eigenvalue weighted by atomic mass is 35.7. The van der Waals surface area contributed by atoms with Crippen molar-refractivity contribution in [2.75, 3.05) is 6.61 Å². The van der Waals surface area contributed by atoms with Gasteiger partial charge in [0.2, 0.25) is 0 Å². The molecular weight excluding hydrogens is 314 g/mol. The molecule has 2 unspecified atom stereocenters. The molecule has 1 aliphatic rings. The Morgan fingerprint density at radius 3 is 2.71 bits per heavy atom. The molecular formula is C14H18ClNO4S. The molecule has 1 amide bonds. The van der Waals surface area contributed by atoms with E-state index in [1.54, 1.807) is 13.0 Å². The molecule has 5 nitrogen and oxygen atoms in total. The lowest BCUT2D eigenvalue weighted by Crippen LogP contribution is -2.40. The maximum absolute atomic E-state index is 12.2. The number of ether oxygens (including phenoxy) is 1. The highest BCUT2D eigenvalue weighted by Crippen LogP contribution is 2.20. The summed E-state index contributed by atoms with van der Waals surface area (Å²) in [5.41, 5.74) is 0.936. The number of hydrogen-bond acceptors (Lipinski definition) is 4. The van der Waals surface area contributed by atoms with Crippen molar-refractivity contribution in [1.29, 1.82) is 0 Å². The van der Waals surface area contributed by atoms with Gasteiger partial charge >= 0.3 is 0 Å². The van der Waals surface area contributed by atoms with Crippen LogP contribution in [0.4, 0.5) is 0 Å². The Kier molecular flexibility index (Phi) is 4.91. The van der Waals surface area contributed by atoms with Gasteiger partial charge in [0.25, 0.3) is 15.0 Å². The van der Waals surface area contributed by atoms with Crippen LogP contribution in [0.25, 0.3) is 0 Å². The molecule has 0 spiro atoms. The second-order valence-electron chi connectivity index (χ2n) is 5.29. The molecule has 1 saturated heterocycles. The van der Waals surface area contributed by atoms with Gasteiger partial charge in [-0.25, -0.2) is 8.42 Å². The van der Waals surface area contributed by atoms with Crippen LogP contribution in [0, 0.1) is 6.92 Å². The second kappa shape index (κ2) is 6.34. The Morgan fingerprint density at radius 1 is 1.43 bits per heavy atom. The summed E-state index contributed by atoms with van der Waals surface area (Å²) in [7, 11) is 1.48. The van der Waals surface area contributed by atoms with Crippen LogP contribution in [0.3, 0.4) is 0 Å². The van der Waals surface area contributed by atoms with Gasteiger partial charge in [0, 0.05) is 22.9 Å².